The van der Waals surface area contributed by atoms with Crippen LogP contribution in [0.1, 0.15) is 37.3 Å². The number of para-hydroxylation sites is 1. The second-order valence-corrected chi connectivity index (χ2v) is 6.61. The number of nitrogens with zero attached hydrogens (tertiary/aromatic N) is 1. The fraction of sp³-hybridized carbons (Fsp3) is 0.381. The van der Waals surface area contributed by atoms with Gasteiger partial charge >= 0.3 is 6.03 Å². The Morgan fingerprint density at radius 3 is 2.67 bits per heavy atom. The van der Waals surface area contributed by atoms with Gasteiger partial charge in [-0.25, -0.2) is 4.79 Å². The van der Waals surface area contributed by atoms with Crippen molar-refractivity contribution in [2.24, 2.45) is 0 Å². The number of hydrogen-bond donors (Lipinski definition) is 1. The van der Waals surface area contributed by atoms with Crippen molar-refractivity contribution in [3.63, 3.8) is 0 Å². The van der Waals surface area contributed by atoms with Gasteiger partial charge in [0, 0.05) is 18.3 Å². The molecule has 24 heavy (non-hydrogen) atoms. The Balaban J connectivity index is 1.60. The summed E-state index contributed by atoms with van der Waals surface area (Å²) < 4.78 is 0. The molecule has 0 radical (unpaired) electrons. The molecule has 0 saturated heterocycles. The summed E-state index contributed by atoms with van der Waals surface area (Å²) in [5.41, 5.74) is 3.67. The summed E-state index contributed by atoms with van der Waals surface area (Å²) in [6.45, 7) is 2.89. The number of amides is 2. The van der Waals surface area contributed by atoms with Crippen LogP contribution in [0, 0.1) is 0 Å². The molecule has 3 nitrogen and oxygen atoms in total. The maximum atomic E-state index is 12.8. The van der Waals surface area contributed by atoms with Crippen LogP contribution in [-0.2, 0) is 12.8 Å². The number of nitrogens with one attached hydrogen (secondary N) is 1. The third-order valence-corrected chi connectivity index (χ3v) is 4.68. The molecule has 1 unspecified atom stereocenters. The van der Waals surface area contributed by atoms with Gasteiger partial charge in [0.15, 0.2) is 0 Å². The Morgan fingerprint density at radius 2 is 1.83 bits per heavy atom. The summed E-state index contributed by atoms with van der Waals surface area (Å²) in [5.74, 6) is 0. The highest BCUT2D eigenvalue weighted by Gasteiger charge is 2.21. The van der Waals surface area contributed by atoms with Crippen LogP contribution in [0.2, 0.25) is 0 Å². The number of carbonyl (C=O) groups excluding carboxylic acids is 1. The largest absolute Gasteiger partial charge is 0.335 e. The van der Waals surface area contributed by atoms with E-state index in [0.29, 0.717) is 0 Å². The molecule has 0 fully saturated rings. The Bertz CT molecular complexity index is 669. The molecule has 2 amide bonds. The molecule has 2 aromatic carbocycles. The molecule has 1 heterocycles. The first-order chi connectivity index (χ1) is 11.7. The molecule has 0 saturated carbocycles. The standard InChI is InChI=1S/C21H26N2O/c1-17(14-15-18-9-3-2-4-10-18)22-21(24)23-16-8-7-12-19-11-5-6-13-20(19)23/h2-6,9-11,13,17H,7-8,12,14-16H2,1H3,(H,22,24). The number of benzene rings is 2. The maximum Gasteiger partial charge on any atom is 0.322 e. The highest BCUT2D eigenvalue weighted by Crippen LogP contribution is 2.26. The van der Waals surface area contributed by atoms with E-state index in [1.54, 1.807) is 0 Å². The van der Waals surface area contributed by atoms with Crippen molar-refractivity contribution in [2.75, 3.05) is 11.4 Å². The second-order valence-electron chi connectivity index (χ2n) is 6.61. The monoisotopic (exact) mass is 322 g/mol. The number of urea groups is 1. The smallest absolute Gasteiger partial charge is 0.322 e. The molecule has 1 aliphatic rings. The number of aryl methyl sites for hydroxylation is 2. The van der Waals surface area contributed by atoms with Gasteiger partial charge < -0.3 is 5.32 Å². The number of fused-ring (bicyclic) bond motifs is 1. The van der Waals surface area contributed by atoms with Crippen molar-refractivity contribution < 1.29 is 4.79 Å². The zero-order valence-corrected chi connectivity index (χ0v) is 14.4. The molecule has 126 valence electrons. The average Bonchev–Trinajstić information content (AvgIpc) is 2.83. The van der Waals surface area contributed by atoms with E-state index in [0.717, 1.165) is 44.3 Å². The zero-order valence-electron chi connectivity index (χ0n) is 14.4. The first-order valence-corrected chi connectivity index (χ1v) is 8.94. The van der Waals surface area contributed by atoms with Crippen LogP contribution in [0.3, 0.4) is 0 Å². The van der Waals surface area contributed by atoms with Gasteiger partial charge in [-0.15, -0.1) is 0 Å². The average molecular weight is 322 g/mol. The minimum absolute atomic E-state index is 0.0323. The van der Waals surface area contributed by atoms with Crippen LogP contribution in [0.15, 0.2) is 54.6 Å². The first kappa shape index (κ1) is 16.6. The molecule has 1 N–H and O–H groups in total. The Hall–Kier alpha value is -2.29. The lowest BCUT2D eigenvalue weighted by Gasteiger charge is -2.25. The fourth-order valence-electron chi connectivity index (χ4n) is 3.29. The third kappa shape index (κ3) is 4.16. The number of hydrogen-bond acceptors (Lipinski definition) is 1. The van der Waals surface area contributed by atoms with Gasteiger partial charge in [-0.1, -0.05) is 48.5 Å². The van der Waals surface area contributed by atoms with Crippen LogP contribution in [0.5, 0.6) is 0 Å². The van der Waals surface area contributed by atoms with E-state index in [1.807, 2.05) is 17.0 Å². The molecule has 0 spiro atoms. The molecule has 1 atom stereocenters. The van der Waals surface area contributed by atoms with Crippen molar-refractivity contribution in [2.45, 2.75) is 45.1 Å². The molecule has 3 heteroatoms. The summed E-state index contributed by atoms with van der Waals surface area (Å²) in [6.07, 6.45) is 5.19. The highest BCUT2D eigenvalue weighted by molar-refractivity contribution is 5.93. The first-order valence-electron chi connectivity index (χ1n) is 8.94. The van der Waals surface area contributed by atoms with Crippen LogP contribution in [0.25, 0.3) is 0 Å². The Morgan fingerprint density at radius 1 is 1.08 bits per heavy atom. The van der Waals surface area contributed by atoms with Crippen LogP contribution >= 0.6 is 0 Å². The summed E-state index contributed by atoms with van der Waals surface area (Å²) in [4.78, 5) is 14.7. The van der Waals surface area contributed by atoms with E-state index in [-0.39, 0.29) is 12.1 Å². The van der Waals surface area contributed by atoms with E-state index in [9.17, 15) is 4.79 Å². The van der Waals surface area contributed by atoms with Crippen molar-refractivity contribution in [1.82, 2.24) is 5.32 Å². The van der Waals surface area contributed by atoms with Gasteiger partial charge in [0.25, 0.3) is 0 Å². The Labute approximate surface area is 144 Å². The molecule has 2 aromatic rings. The number of anilines is 1. The Kier molecular flexibility index (Phi) is 5.52. The van der Waals surface area contributed by atoms with E-state index in [1.165, 1.54) is 11.1 Å². The van der Waals surface area contributed by atoms with Gasteiger partial charge in [-0.2, -0.15) is 0 Å². The highest BCUT2D eigenvalue weighted by atomic mass is 16.2. The van der Waals surface area contributed by atoms with E-state index < -0.39 is 0 Å². The predicted octanol–water partition coefficient (Wildman–Crippen LogP) is 4.56. The van der Waals surface area contributed by atoms with Gasteiger partial charge in [0.05, 0.1) is 0 Å². The van der Waals surface area contributed by atoms with Crippen LogP contribution in [0.4, 0.5) is 10.5 Å². The summed E-state index contributed by atoms with van der Waals surface area (Å²) in [6, 6.07) is 18.9. The molecule has 1 aliphatic heterocycles. The van der Waals surface area contributed by atoms with Crippen molar-refractivity contribution in [3.05, 3.63) is 65.7 Å². The molecular weight excluding hydrogens is 296 g/mol. The minimum atomic E-state index is 0.0323. The number of rotatable bonds is 4. The lowest BCUT2D eigenvalue weighted by molar-refractivity contribution is 0.242. The number of carbonyl (C=O) groups is 1. The van der Waals surface area contributed by atoms with E-state index >= 15 is 0 Å². The van der Waals surface area contributed by atoms with Crippen molar-refractivity contribution in [3.8, 4) is 0 Å². The normalized spacial score (nSPS) is 15.3. The van der Waals surface area contributed by atoms with E-state index in [2.05, 4.69) is 54.7 Å². The minimum Gasteiger partial charge on any atom is -0.335 e. The second kappa shape index (κ2) is 8.00. The maximum absolute atomic E-state index is 12.8. The van der Waals surface area contributed by atoms with E-state index in [4.69, 9.17) is 0 Å². The van der Waals surface area contributed by atoms with Gasteiger partial charge in [0.2, 0.25) is 0 Å². The summed E-state index contributed by atoms with van der Waals surface area (Å²) in [5, 5.41) is 3.18. The molecule has 0 aliphatic carbocycles. The lowest BCUT2D eigenvalue weighted by atomic mass is 10.1. The van der Waals surface area contributed by atoms with Gasteiger partial charge in [-0.3, -0.25) is 4.90 Å². The zero-order chi connectivity index (χ0) is 16.8. The molecule has 0 bridgehead atoms. The molecule has 3 rings (SSSR count). The van der Waals surface area contributed by atoms with Gasteiger partial charge in [0.1, 0.15) is 0 Å². The summed E-state index contributed by atoms with van der Waals surface area (Å²) in [7, 11) is 0. The fourth-order valence-corrected chi connectivity index (χ4v) is 3.29. The topological polar surface area (TPSA) is 32.3 Å². The summed E-state index contributed by atoms with van der Waals surface area (Å²) >= 11 is 0. The van der Waals surface area contributed by atoms with Crippen molar-refractivity contribution >= 4 is 11.7 Å². The SMILES string of the molecule is CC(CCc1ccccc1)NC(=O)N1CCCCc2ccccc21. The molecular formula is C21H26N2O. The van der Waals surface area contributed by atoms with Gasteiger partial charge in [-0.05, 0) is 56.2 Å². The predicted molar refractivity (Wildman–Crippen MR) is 99.5 cm³/mol. The van der Waals surface area contributed by atoms with Crippen molar-refractivity contribution in [1.29, 1.82) is 0 Å². The van der Waals surface area contributed by atoms with Crippen LogP contribution in [-0.4, -0.2) is 18.6 Å². The molecule has 0 aromatic heterocycles. The van der Waals surface area contributed by atoms with Crippen LogP contribution < -0.4 is 10.2 Å². The third-order valence-electron chi connectivity index (χ3n) is 4.68. The quantitative estimate of drug-likeness (QED) is 0.879. The lowest BCUT2D eigenvalue weighted by Crippen LogP contribution is -2.44.